The number of benzene rings is 2. The van der Waals surface area contributed by atoms with E-state index < -0.39 is 5.25 Å². The number of amides is 1. The molecule has 0 spiro atoms. The third-order valence-electron chi connectivity index (χ3n) is 3.77. The van der Waals surface area contributed by atoms with Crippen LogP contribution in [-0.2, 0) is 4.79 Å². The number of ether oxygens (including phenoxy) is 1. The SMILES string of the molecule is COc1ccc(C)cc1-n1nnnc1S[C@H](C)C(=O)Nc1ccc(F)cc1. The van der Waals surface area contributed by atoms with Crippen molar-refractivity contribution in [3.63, 3.8) is 0 Å². The van der Waals surface area contributed by atoms with Crippen LogP contribution in [0.5, 0.6) is 5.75 Å². The minimum absolute atomic E-state index is 0.239. The zero-order valence-electron chi connectivity index (χ0n) is 15.0. The monoisotopic (exact) mass is 387 g/mol. The van der Waals surface area contributed by atoms with Crippen molar-refractivity contribution in [3.8, 4) is 11.4 Å². The van der Waals surface area contributed by atoms with Gasteiger partial charge in [-0.3, -0.25) is 4.79 Å². The van der Waals surface area contributed by atoms with Gasteiger partial charge in [0.1, 0.15) is 17.3 Å². The first kappa shape index (κ1) is 18.8. The maximum Gasteiger partial charge on any atom is 0.237 e. The van der Waals surface area contributed by atoms with Gasteiger partial charge in [-0.2, -0.15) is 4.68 Å². The summed E-state index contributed by atoms with van der Waals surface area (Å²) in [6, 6.07) is 11.3. The lowest BCUT2D eigenvalue weighted by atomic mass is 10.2. The molecule has 1 amide bonds. The fourth-order valence-electron chi connectivity index (χ4n) is 2.36. The summed E-state index contributed by atoms with van der Waals surface area (Å²) in [6.07, 6.45) is 0. The Bertz CT molecular complexity index is 945. The molecule has 0 bridgehead atoms. The molecule has 3 aromatic rings. The molecule has 0 aliphatic heterocycles. The van der Waals surface area contributed by atoms with Crippen molar-refractivity contribution >= 4 is 23.4 Å². The first-order valence-electron chi connectivity index (χ1n) is 8.14. The molecule has 7 nitrogen and oxygen atoms in total. The van der Waals surface area contributed by atoms with E-state index in [4.69, 9.17) is 4.74 Å². The predicted octanol–water partition coefficient (Wildman–Crippen LogP) is 3.24. The van der Waals surface area contributed by atoms with Crippen molar-refractivity contribution in [2.75, 3.05) is 12.4 Å². The van der Waals surface area contributed by atoms with Crippen LogP contribution in [0.1, 0.15) is 12.5 Å². The summed E-state index contributed by atoms with van der Waals surface area (Å²) >= 11 is 1.21. The number of halogens is 1. The normalized spacial score (nSPS) is 11.9. The molecule has 0 fully saturated rings. The first-order valence-corrected chi connectivity index (χ1v) is 9.02. The minimum atomic E-state index is -0.476. The highest BCUT2D eigenvalue weighted by Crippen LogP contribution is 2.29. The topological polar surface area (TPSA) is 81.9 Å². The van der Waals surface area contributed by atoms with Crippen LogP contribution in [0.25, 0.3) is 5.69 Å². The Labute approximate surface area is 159 Å². The number of carbonyl (C=O) groups is 1. The summed E-state index contributed by atoms with van der Waals surface area (Å²) in [6.45, 7) is 3.70. The molecule has 0 aliphatic carbocycles. The molecule has 2 aromatic carbocycles. The van der Waals surface area contributed by atoms with E-state index in [0.717, 1.165) is 5.56 Å². The standard InChI is InChI=1S/C18H18FN5O2S/c1-11-4-9-16(26-3)15(10-11)24-18(21-22-23-24)27-12(2)17(25)20-14-7-5-13(19)6-8-14/h4-10,12H,1-3H3,(H,20,25)/t12-/m1/s1. The maximum absolute atomic E-state index is 13.0. The Kier molecular flexibility index (Phi) is 5.70. The third kappa shape index (κ3) is 4.43. The quantitative estimate of drug-likeness (QED) is 0.654. The number of hydrogen-bond acceptors (Lipinski definition) is 6. The lowest BCUT2D eigenvalue weighted by molar-refractivity contribution is -0.115. The number of tetrazole rings is 1. The van der Waals surface area contributed by atoms with Gasteiger partial charge < -0.3 is 10.1 Å². The fourth-order valence-corrected chi connectivity index (χ4v) is 3.16. The van der Waals surface area contributed by atoms with E-state index in [1.54, 1.807) is 14.0 Å². The second kappa shape index (κ2) is 8.17. The van der Waals surface area contributed by atoms with Gasteiger partial charge in [0.05, 0.1) is 12.4 Å². The van der Waals surface area contributed by atoms with Crippen molar-refractivity contribution in [2.45, 2.75) is 24.3 Å². The second-order valence-electron chi connectivity index (χ2n) is 5.80. The molecule has 27 heavy (non-hydrogen) atoms. The molecule has 0 saturated carbocycles. The van der Waals surface area contributed by atoms with E-state index in [-0.39, 0.29) is 11.7 Å². The summed E-state index contributed by atoms with van der Waals surface area (Å²) in [5, 5.41) is 14.5. The van der Waals surface area contributed by atoms with Crippen LogP contribution in [0, 0.1) is 12.7 Å². The molecule has 9 heteroatoms. The van der Waals surface area contributed by atoms with Crippen LogP contribution in [-0.4, -0.2) is 38.5 Å². The summed E-state index contributed by atoms with van der Waals surface area (Å²) in [5.74, 6) is 0.0252. The average molecular weight is 387 g/mol. The highest BCUT2D eigenvalue weighted by atomic mass is 32.2. The van der Waals surface area contributed by atoms with Crippen LogP contribution in [0.2, 0.25) is 0 Å². The molecular formula is C18H18FN5O2S. The molecule has 0 unspecified atom stereocenters. The summed E-state index contributed by atoms with van der Waals surface area (Å²) in [5.41, 5.74) is 2.24. The van der Waals surface area contributed by atoms with E-state index >= 15 is 0 Å². The van der Waals surface area contributed by atoms with Gasteiger partial charge in [0.2, 0.25) is 11.1 Å². The minimum Gasteiger partial charge on any atom is -0.494 e. The number of anilines is 1. The molecule has 1 heterocycles. The van der Waals surface area contributed by atoms with Crippen LogP contribution in [0.15, 0.2) is 47.6 Å². The van der Waals surface area contributed by atoms with Gasteiger partial charge >= 0.3 is 0 Å². The number of rotatable bonds is 6. The summed E-state index contributed by atoms with van der Waals surface area (Å²) in [4.78, 5) is 12.4. The number of thioether (sulfide) groups is 1. The number of methoxy groups -OCH3 is 1. The Morgan fingerprint density at radius 3 is 2.70 bits per heavy atom. The molecular weight excluding hydrogens is 369 g/mol. The number of nitrogens with one attached hydrogen (secondary N) is 1. The van der Waals surface area contributed by atoms with Gasteiger partial charge in [-0.1, -0.05) is 17.8 Å². The van der Waals surface area contributed by atoms with Crippen molar-refractivity contribution < 1.29 is 13.9 Å². The van der Waals surface area contributed by atoms with Gasteiger partial charge in [-0.25, -0.2) is 4.39 Å². The number of aromatic nitrogens is 4. The van der Waals surface area contributed by atoms with Gasteiger partial charge in [0.15, 0.2) is 0 Å². The van der Waals surface area contributed by atoms with Crippen LogP contribution in [0.4, 0.5) is 10.1 Å². The smallest absolute Gasteiger partial charge is 0.237 e. The lowest BCUT2D eigenvalue weighted by Crippen LogP contribution is -2.23. The molecule has 0 saturated heterocycles. The summed E-state index contributed by atoms with van der Waals surface area (Å²) < 4.78 is 19.9. The van der Waals surface area contributed by atoms with E-state index in [0.29, 0.717) is 22.3 Å². The van der Waals surface area contributed by atoms with Gasteiger partial charge in [-0.15, -0.1) is 5.10 Å². The third-order valence-corrected chi connectivity index (χ3v) is 4.80. The van der Waals surface area contributed by atoms with E-state index in [9.17, 15) is 9.18 Å². The maximum atomic E-state index is 13.0. The fraction of sp³-hybridized carbons (Fsp3) is 0.222. The molecule has 1 atom stereocenters. The Morgan fingerprint density at radius 1 is 1.26 bits per heavy atom. The second-order valence-corrected chi connectivity index (χ2v) is 7.11. The molecule has 3 rings (SSSR count). The Morgan fingerprint density at radius 2 is 2.00 bits per heavy atom. The predicted molar refractivity (Wildman–Crippen MR) is 101 cm³/mol. The average Bonchev–Trinajstić information content (AvgIpc) is 3.11. The van der Waals surface area contributed by atoms with E-state index in [1.165, 1.54) is 40.7 Å². The van der Waals surface area contributed by atoms with Crippen LogP contribution in [0.3, 0.4) is 0 Å². The van der Waals surface area contributed by atoms with Gasteiger partial charge in [0, 0.05) is 5.69 Å². The highest BCUT2D eigenvalue weighted by Gasteiger charge is 2.21. The molecule has 1 aromatic heterocycles. The molecule has 0 aliphatic rings. The number of hydrogen-bond donors (Lipinski definition) is 1. The lowest BCUT2D eigenvalue weighted by Gasteiger charge is -2.13. The van der Waals surface area contributed by atoms with Crippen molar-refractivity contribution in [1.82, 2.24) is 20.2 Å². The van der Waals surface area contributed by atoms with Crippen molar-refractivity contribution in [2.24, 2.45) is 0 Å². The van der Waals surface area contributed by atoms with Crippen molar-refractivity contribution in [1.29, 1.82) is 0 Å². The first-order chi connectivity index (χ1) is 13.0. The molecule has 0 radical (unpaired) electrons. The highest BCUT2D eigenvalue weighted by molar-refractivity contribution is 8.00. The Balaban J connectivity index is 1.77. The van der Waals surface area contributed by atoms with Gasteiger partial charge in [0.25, 0.3) is 0 Å². The Hall–Kier alpha value is -2.94. The van der Waals surface area contributed by atoms with Crippen molar-refractivity contribution in [3.05, 3.63) is 53.8 Å². The number of aryl methyl sites for hydroxylation is 1. The van der Waals surface area contributed by atoms with E-state index in [2.05, 4.69) is 20.8 Å². The van der Waals surface area contributed by atoms with Gasteiger partial charge in [-0.05, 0) is 66.2 Å². The summed E-state index contributed by atoms with van der Waals surface area (Å²) in [7, 11) is 1.57. The zero-order chi connectivity index (χ0) is 19.4. The number of nitrogens with zero attached hydrogens (tertiary/aromatic N) is 4. The largest absolute Gasteiger partial charge is 0.494 e. The number of carbonyl (C=O) groups excluding carboxylic acids is 1. The van der Waals surface area contributed by atoms with E-state index in [1.807, 2.05) is 25.1 Å². The zero-order valence-corrected chi connectivity index (χ0v) is 15.8. The van der Waals surface area contributed by atoms with Crippen LogP contribution >= 0.6 is 11.8 Å². The van der Waals surface area contributed by atoms with Crippen LogP contribution < -0.4 is 10.1 Å². The molecule has 140 valence electrons. The molecule has 1 N–H and O–H groups in total.